The van der Waals surface area contributed by atoms with Crippen LogP contribution in [0.3, 0.4) is 0 Å². The smallest absolute Gasteiger partial charge is 0.139 e. The van der Waals surface area contributed by atoms with E-state index in [-0.39, 0.29) is 10.8 Å². The van der Waals surface area contributed by atoms with E-state index in [1.54, 1.807) is 0 Å². The molecule has 0 aromatic heterocycles. The maximum absolute atomic E-state index is 13.3. The molecule has 4 fully saturated rings. The number of rotatable bonds is 1. The van der Waals surface area contributed by atoms with E-state index in [0.717, 1.165) is 19.3 Å². The molecule has 0 aliphatic heterocycles. The van der Waals surface area contributed by atoms with Gasteiger partial charge in [0.2, 0.25) is 0 Å². The summed E-state index contributed by atoms with van der Waals surface area (Å²) in [5.41, 5.74) is 1.79. The van der Waals surface area contributed by atoms with Gasteiger partial charge in [0.05, 0.1) is 0 Å². The van der Waals surface area contributed by atoms with Crippen LogP contribution in [0.25, 0.3) is 0 Å². The largest absolute Gasteiger partial charge is 0.299 e. The number of ketones is 1. The SMILES string of the molecule is C=C1C[C@]23C[C@H]1CC[C@H]2[C@]1(C)CCC[C@@](C)(CCl)[C@H]1CC3=O. The number of hydrogen-bond donors (Lipinski definition) is 0. The van der Waals surface area contributed by atoms with E-state index < -0.39 is 0 Å². The van der Waals surface area contributed by atoms with E-state index in [2.05, 4.69) is 20.4 Å². The fourth-order valence-corrected chi connectivity index (χ4v) is 7.57. The van der Waals surface area contributed by atoms with Crippen molar-refractivity contribution in [1.29, 1.82) is 0 Å². The number of fused-ring (bicyclic) bond motifs is 3. The Morgan fingerprint density at radius 1 is 1.23 bits per heavy atom. The molecule has 0 heterocycles. The van der Waals surface area contributed by atoms with Gasteiger partial charge in [0.25, 0.3) is 0 Å². The predicted octanol–water partition coefficient (Wildman–Crippen LogP) is 5.37. The fourth-order valence-electron chi connectivity index (χ4n) is 7.25. The van der Waals surface area contributed by atoms with Crippen molar-refractivity contribution in [2.45, 2.75) is 65.2 Å². The van der Waals surface area contributed by atoms with Crippen molar-refractivity contribution in [3.8, 4) is 0 Å². The van der Waals surface area contributed by atoms with E-state index in [1.165, 1.54) is 37.7 Å². The van der Waals surface area contributed by atoms with Crippen molar-refractivity contribution < 1.29 is 4.79 Å². The number of Topliss-reactive ketones (excluding diaryl/α,β-unsaturated/α-hetero) is 1. The number of carbonyl (C=O) groups excluding carboxylic acids is 1. The average Bonchev–Trinajstić information content (AvgIpc) is 2.73. The lowest BCUT2D eigenvalue weighted by atomic mass is 9.41. The molecule has 4 aliphatic rings. The molecule has 0 unspecified atom stereocenters. The average molecular weight is 321 g/mol. The number of alkyl halides is 1. The lowest BCUT2D eigenvalue weighted by Gasteiger charge is -2.63. The van der Waals surface area contributed by atoms with Gasteiger partial charge in [-0.25, -0.2) is 0 Å². The molecular formula is C20H29ClO. The van der Waals surface area contributed by atoms with Crippen LogP contribution in [-0.4, -0.2) is 11.7 Å². The Labute approximate surface area is 139 Å². The molecule has 1 nitrogen and oxygen atoms in total. The van der Waals surface area contributed by atoms with Crippen LogP contribution in [0.4, 0.5) is 0 Å². The molecule has 2 bridgehead atoms. The first kappa shape index (κ1) is 15.2. The van der Waals surface area contributed by atoms with Crippen LogP contribution in [0.5, 0.6) is 0 Å². The highest BCUT2D eigenvalue weighted by Crippen LogP contribution is 2.71. The Balaban J connectivity index is 1.80. The zero-order valence-electron chi connectivity index (χ0n) is 14.1. The molecule has 4 aliphatic carbocycles. The molecule has 0 radical (unpaired) electrons. The summed E-state index contributed by atoms with van der Waals surface area (Å²) in [6, 6.07) is 0. The summed E-state index contributed by atoms with van der Waals surface area (Å²) in [6.45, 7) is 9.16. The molecule has 2 heteroatoms. The number of carbonyl (C=O) groups is 1. The van der Waals surface area contributed by atoms with E-state index >= 15 is 0 Å². The second-order valence-electron chi connectivity index (χ2n) is 9.35. The van der Waals surface area contributed by atoms with E-state index in [9.17, 15) is 4.79 Å². The molecule has 0 saturated heterocycles. The van der Waals surface area contributed by atoms with Gasteiger partial charge in [-0.2, -0.15) is 0 Å². The molecule has 0 aromatic rings. The normalized spacial score (nSPS) is 54.0. The Bertz CT molecular complexity index is 540. The third-order valence-corrected chi connectivity index (χ3v) is 8.96. The van der Waals surface area contributed by atoms with Crippen molar-refractivity contribution in [1.82, 2.24) is 0 Å². The van der Waals surface area contributed by atoms with E-state index in [4.69, 9.17) is 11.6 Å². The predicted molar refractivity (Wildman–Crippen MR) is 90.9 cm³/mol. The van der Waals surface area contributed by atoms with Gasteiger partial charge < -0.3 is 0 Å². The lowest BCUT2D eigenvalue weighted by Crippen LogP contribution is -2.60. The Morgan fingerprint density at radius 2 is 2.00 bits per heavy atom. The van der Waals surface area contributed by atoms with Crippen molar-refractivity contribution in [3.05, 3.63) is 12.2 Å². The zero-order chi connectivity index (χ0) is 15.8. The van der Waals surface area contributed by atoms with Gasteiger partial charge in [0, 0.05) is 17.7 Å². The van der Waals surface area contributed by atoms with Crippen molar-refractivity contribution in [2.24, 2.45) is 34.0 Å². The zero-order valence-corrected chi connectivity index (χ0v) is 14.8. The second kappa shape index (κ2) is 4.62. The second-order valence-corrected chi connectivity index (χ2v) is 9.62. The topological polar surface area (TPSA) is 17.1 Å². The minimum Gasteiger partial charge on any atom is -0.299 e. The monoisotopic (exact) mass is 320 g/mol. The van der Waals surface area contributed by atoms with Crippen LogP contribution in [0.1, 0.15) is 65.2 Å². The van der Waals surface area contributed by atoms with Crippen LogP contribution in [0.15, 0.2) is 12.2 Å². The van der Waals surface area contributed by atoms with Gasteiger partial charge in [-0.15, -0.1) is 11.6 Å². The number of halogens is 1. The lowest BCUT2D eigenvalue weighted by molar-refractivity contribution is -0.169. The molecule has 6 atom stereocenters. The molecule has 122 valence electrons. The van der Waals surface area contributed by atoms with Crippen LogP contribution in [0, 0.1) is 34.0 Å². The summed E-state index contributed by atoms with van der Waals surface area (Å²) in [5, 5.41) is 0. The van der Waals surface area contributed by atoms with Gasteiger partial charge in [0.1, 0.15) is 5.78 Å². The minimum atomic E-state index is -0.0458. The third kappa shape index (κ3) is 1.70. The number of hydrogen-bond acceptors (Lipinski definition) is 1. The molecule has 22 heavy (non-hydrogen) atoms. The summed E-state index contributed by atoms with van der Waals surface area (Å²) in [7, 11) is 0. The van der Waals surface area contributed by atoms with Crippen LogP contribution in [-0.2, 0) is 4.79 Å². The van der Waals surface area contributed by atoms with Gasteiger partial charge in [-0.3, -0.25) is 4.79 Å². The molecular weight excluding hydrogens is 292 g/mol. The first-order valence-corrected chi connectivity index (χ1v) is 9.66. The third-order valence-electron chi connectivity index (χ3n) is 8.35. The molecule has 4 saturated carbocycles. The summed E-state index contributed by atoms with van der Waals surface area (Å²) in [4.78, 5) is 13.3. The van der Waals surface area contributed by atoms with Crippen LogP contribution >= 0.6 is 11.6 Å². The number of allylic oxidation sites excluding steroid dienone is 1. The minimum absolute atomic E-state index is 0.0458. The highest BCUT2D eigenvalue weighted by Gasteiger charge is 2.66. The summed E-state index contributed by atoms with van der Waals surface area (Å²) in [5.74, 6) is 2.95. The van der Waals surface area contributed by atoms with Crippen molar-refractivity contribution in [3.63, 3.8) is 0 Å². The molecule has 4 rings (SSSR count). The first-order valence-electron chi connectivity index (χ1n) is 9.13. The molecule has 0 aromatic carbocycles. The Kier molecular flexibility index (Phi) is 3.20. The maximum Gasteiger partial charge on any atom is 0.139 e. The highest BCUT2D eigenvalue weighted by atomic mass is 35.5. The van der Waals surface area contributed by atoms with E-state index in [0.29, 0.717) is 34.8 Å². The Hall–Kier alpha value is -0.300. The molecule has 1 spiro atoms. The van der Waals surface area contributed by atoms with Crippen molar-refractivity contribution in [2.75, 3.05) is 5.88 Å². The van der Waals surface area contributed by atoms with Gasteiger partial charge >= 0.3 is 0 Å². The Morgan fingerprint density at radius 3 is 2.73 bits per heavy atom. The summed E-state index contributed by atoms with van der Waals surface area (Å²) < 4.78 is 0. The maximum atomic E-state index is 13.3. The van der Waals surface area contributed by atoms with Gasteiger partial charge in [-0.1, -0.05) is 32.4 Å². The van der Waals surface area contributed by atoms with Gasteiger partial charge in [-0.05, 0) is 67.1 Å². The van der Waals surface area contributed by atoms with Crippen molar-refractivity contribution >= 4 is 17.4 Å². The summed E-state index contributed by atoms with van der Waals surface area (Å²) in [6.07, 6.45) is 9.13. The molecule has 0 N–H and O–H groups in total. The van der Waals surface area contributed by atoms with Gasteiger partial charge in [0.15, 0.2) is 0 Å². The quantitative estimate of drug-likeness (QED) is 0.468. The molecule has 0 amide bonds. The summed E-state index contributed by atoms with van der Waals surface area (Å²) >= 11 is 6.40. The fraction of sp³-hybridized carbons (Fsp3) is 0.850. The standard InChI is InChI=1S/C20H29ClO/c1-13-10-20-11-14(13)5-6-15(20)19(3)8-4-7-18(2,12-21)16(19)9-17(20)22/h14-16H,1,4-12H2,2-3H3/t14-,15+,16-,18+,19+,20+/m1/s1. The van der Waals surface area contributed by atoms with Crippen LogP contribution in [0.2, 0.25) is 0 Å². The first-order chi connectivity index (χ1) is 10.4. The van der Waals surface area contributed by atoms with E-state index in [1.807, 2.05) is 0 Å². The highest BCUT2D eigenvalue weighted by molar-refractivity contribution is 6.18. The van der Waals surface area contributed by atoms with Crippen LogP contribution < -0.4 is 0 Å².